The van der Waals surface area contributed by atoms with E-state index in [2.05, 4.69) is 15.4 Å². The lowest BCUT2D eigenvalue weighted by atomic mass is 10.3. The minimum Gasteiger partial charge on any atom is -0.448 e. The molecule has 0 spiro atoms. The van der Waals surface area contributed by atoms with Crippen molar-refractivity contribution in [3.05, 3.63) is 0 Å². The van der Waals surface area contributed by atoms with E-state index in [9.17, 15) is 9.59 Å². The summed E-state index contributed by atoms with van der Waals surface area (Å²) in [5, 5.41) is 5.55. The van der Waals surface area contributed by atoms with Gasteiger partial charge in [-0.05, 0) is 6.92 Å². The van der Waals surface area contributed by atoms with Crippen LogP contribution in [0.4, 0.5) is 4.79 Å². The maximum Gasteiger partial charge on any atom is 0.404 e. The highest BCUT2D eigenvalue weighted by atomic mass is 16.5. The van der Waals surface area contributed by atoms with Gasteiger partial charge in [0.1, 0.15) is 6.61 Å². The molecule has 0 saturated heterocycles. The fourth-order valence-corrected chi connectivity index (χ4v) is 0.949. The molecule has 7 heteroatoms. The molecule has 0 aliphatic heterocycles. The minimum atomic E-state index is -0.820. The van der Waals surface area contributed by atoms with Gasteiger partial charge in [0, 0.05) is 20.2 Å². The largest absolute Gasteiger partial charge is 0.448 e. The number of primary amides is 1. The molecule has 7 nitrogen and oxygen atoms in total. The predicted molar refractivity (Wildman–Crippen MR) is 57.9 cm³/mol. The molecule has 1 unspecified atom stereocenters. The van der Waals surface area contributed by atoms with E-state index in [4.69, 9.17) is 10.5 Å². The van der Waals surface area contributed by atoms with Crippen LogP contribution in [0.3, 0.4) is 0 Å². The molecule has 0 heterocycles. The SMILES string of the molecule is COCCNC(=O)C(C)NCCOC(N)=O. The second-order valence-electron chi connectivity index (χ2n) is 3.13. The molecule has 0 aliphatic rings. The van der Waals surface area contributed by atoms with Crippen molar-refractivity contribution in [2.24, 2.45) is 5.73 Å². The van der Waals surface area contributed by atoms with Gasteiger partial charge in [0.25, 0.3) is 0 Å². The Hall–Kier alpha value is -1.34. The summed E-state index contributed by atoms with van der Waals surface area (Å²) in [6.45, 7) is 3.18. The summed E-state index contributed by atoms with van der Waals surface area (Å²) in [4.78, 5) is 21.6. The van der Waals surface area contributed by atoms with Gasteiger partial charge >= 0.3 is 6.09 Å². The van der Waals surface area contributed by atoms with Gasteiger partial charge in [-0.25, -0.2) is 4.79 Å². The number of carbonyl (C=O) groups excluding carboxylic acids is 2. The number of nitrogens with two attached hydrogens (primary N) is 1. The van der Waals surface area contributed by atoms with Crippen LogP contribution in [-0.2, 0) is 14.3 Å². The van der Waals surface area contributed by atoms with E-state index in [-0.39, 0.29) is 18.6 Å². The molecular weight excluding hydrogens is 214 g/mol. The van der Waals surface area contributed by atoms with Crippen molar-refractivity contribution >= 4 is 12.0 Å². The Morgan fingerprint density at radius 2 is 2.00 bits per heavy atom. The van der Waals surface area contributed by atoms with Crippen LogP contribution in [0.1, 0.15) is 6.92 Å². The van der Waals surface area contributed by atoms with Crippen LogP contribution in [0.5, 0.6) is 0 Å². The van der Waals surface area contributed by atoms with E-state index in [0.29, 0.717) is 19.7 Å². The fraction of sp³-hybridized carbons (Fsp3) is 0.778. The third kappa shape index (κ3) is 8.01. The summed E-state index contributed by atoms with van der Waals surface area (Å²) >= 11 is 0. The summed E-state index contributed by atoms with van der Waals surface area (Å²) in [7, 11) is 1.56. The molecule has 0 rings (SSSR count). The van der Waals surface area contributed by atoms with E-state index in [1.807, 2.05) is 0 Å². The molecule has 0 aliphatic carbocycles. The molecule has 0 saturated carbocycles. The number of ether oxygens (including phenoxy) is 2. The van der Waals surface area contributed by atoms with Crippen molar-refractivity contribution in [1.29, 1.82) is 0 Å². The van der Waals surface area contributed by atoms with Gasteiger partial charge in [-0.3, -0.25) is 4.79 Å². The molecule has 0 aromatic rings. The predicted octanol–water partition coefficient (Wildman–Crippen LogP) is -1.18. The molecule has 0 aromatic carbocycles. The highest BCUT2D eigenvalue weighted by Crippen LogP contribution is 1.82. The van der Waals surface area contributed by atoms with Crippen molar-refractivity contribution in [1.82, 2.24) is 10.6 Å². The lowest BCUT2D eigenvalue weighted by Gasteiger charge is -2.13. The molecule has 1 atom stereocenters. The molecular formula is C9H19N3O4. The monoisotopic (exact) mass is 233 g/mol. The normalized spacial score (nSPS) is 11.9. The zero-order valence-electron chi connectivity index (χ0n) is 9.62. The van der Waals surface area contributed by atoms with E-state index in [1.54, 1.807) is 14.0 Å². The Morgan fingerprint density at radius 3 is 2.56 bits per heavy atom. The number of hydrogen-bond acceptors (Lipinski definition) is 5. The highest BCUT2D eigenvalue weighted by Gasteiger charge is 2.10. The van der Waals surface area contributed by atoms with Gasteiger partial charge in [-0.15, -0.1) is 0 Å². The highest BCUT2D eigenvalue weighted by molar-refractivity contribution is 5.81. The molecule has 0 radical (unpaired) electrons. The Morgan fingerprint density at radius 1 is 1.31 bits per heavy atom. The maximum atomic E-state index is 11.4. The van der Waals surface area contributed by atoms with Gasteiger partial charge in [0.05, 0.1) is 12.6 Å². The van der Waals surface area contributed by atoms with E-state index >= 15 is 0 Å². The molecule has 2 amide bonds. The number of methoxy groups -OCH3 is 1. The lowest BCUT2D eigenvalue weighted by molar-refractivity contribution is -0.122. The van der Waals surface area contributed by atoms with Crippen molar-refractivity contribution in [3.63, 3.8) is 0 Å². The summed E-state index contributed by atoms with van der Waals surface area (Å²) in [6.07, 6.45) is -0.820. The van der Waals surface area contributed by atoms with Crippen LogP contribution < -0.4 is 16.4 Å². The van der Waals surface area contributed by atoms with Crippen molar-refractivity contribution in [2.75, 3.05) is 33.4 Å². The van der Waals surface area contributed by atoms with Crippen LogP contribution in [0.25, 0.3) is 0 Å². The maximum absolute atomic E-state index is 11.4. The Labute approximate surface area is 94.6 Å². The van der Waals surface area contributed by atoms with E-state index in [0.717, 1.165) is 0 Å². The van der Waals surface area contributed by atoms with Crippen LogP contribution in [0.15, 0.2) is 0 Å². The van der Waals surface area contributed by atoms with E-state index < -0.39 is 6.09 Å². The zero-order chi connectivity index (χ0) is 12.4. The van der Waals surface area contributed by atoms with Gasteiger partial charge in [0.15, 0.2) is 0 Å². The van der Waals surface area contributed by atoms with Gasteiger partial charge < -0.3 is 25.8 Å². The summed E-state index contributed by atoms with van der Waals surface area (Å²) in [6, 6.07) is -0.353. The number of hydrogen-bond donors (Lipinski definition) is 3. The standard InChI is InChI=1S/C9H19N3O4/c1-7(8(13)12-3-5-15-2)11-4-6-16-9(10)14/h7,11H,3-6H2,1-2H3,(H2,10,14)(H,12,13). The quantitative estimate of drug-likeness (QED) is 0.458. The van der Waals surface area contributed by atoms with Crippen LogP contribution in [0.2, 0.25) is 0 Å². The van der Waals surface area contributed by atoms with Crippen LogP contribution in [-0.4, -0.2) is 51.5 Å². The summed E-state index contributed by atoms with van der Waals surface area (Å²) in [5.74, 6) is -0.129. The Bertz CT molecular complexity index is 223. The first-order valence-electron chi connectivity index (χ1n) is 5.00. The Balaban J connectivity index is 3.51. The summed E-state index contributed by atoms with van der Waals surface area (Å²) < 4.78 is 9.29. The number of amides is 2. The molecule has 0 bridgehead atoms. The smallest absolute Gasteiger partial charge is 0.404 e. The first kappa shape index (κ1) is 14.7. The number of nitrogens with one attached hydrogen (secondary N) is 2. The average Bonchev–Trinajstić information content (AvgIpc) is 2.24. The average molecular weight is 233 g/mol. The van der Waals surface area contributed by atoms with Crippen LogP contribution in [0, 0.1) is 0 Å². The van der Waals surface area contributed by atoms with Crippen molar-refractivity contribution in [3.8, 4) is 0 Å². The second-order valence-corrected chi connectivity index (χ2v) is 3.13. The molecule has 0 fully saturated rings. The minimum absolute atomic E-state index is 0.129. The third-order valence-electron chi connectivity index (χ3n) is 1.80. The first-order valence-corrected chi connectivity index (χ1v) is 5.00. The fourth-order valence-electron chi connectivity index (χ4n) is 0.949. The first-order chi connectivity index (χ1) is 7.57. The molecule has 0 aromatic heterocycles. The van der Waals surface area contributed by atoms with Gasteiger partial charge in [-0.1, -0.05) is 0 Å². The van der Waals surface area contributed by atoms with E-state index in [1.165, 1.54) is 0 Å². The van der Waals surface area contributed by atoms with Gasteiger partial charge in [-0.2, -0.15) is 0 Å². The second kappa shape index (κ2) is 8.93. The van der Waals surface area contributed by atoms with Gasteiger partial charge in [0.2, 0.25) is 5.91 Å². The zero-order valence-corrected chi connectivity index (χ0v) is 9.62. The Kier molecular flexibility index (Phi) is 8.18. The topological polar surface area (TPSA) is 103 Å². The summed E-state index contributed by atoms with van der Waals surface area (Å²) in [5.41, 5.74) is 4.77. The van der Waals surface area contributed by atoms with Crippen molar-refractivity contribution in [2.45, 2.75) is 13.0 Å². The number of rotatable bonds is 8. The molecule has 94 valence electrons. The molecule has 16 heavy (non-hydrogen) atoms. The third-order valence-corrected chi connectivity index (χ3v) is 1.80. The van der Waals surface area contributed by atoms with Crippen molar-refractivity contribution < 1.29 is 19.1 Å². The molecule has 4 N–H and O–H groups in total. The lowest BCUT2D eigenvalue weighted by Crippen LogP contribution is -2.44. The number of carbonyl (C=O) groups is 2. The van der Waals surface area contributed by atoms with Crippen LogP contribution >= 0.6 is 0 Å².